The van der Waals surface area contributed by atoms with Crippen molar-refractivity contribution in [3.8, 4) is 5.75 Å². The Balaban J connectivity index is 2.16. The number of ether oxygens (including phenoxy) is 1. The summed E-state index contributed by atoms with van der Waals surface area (Å²) >= 11 is 0. The molecule has 0 aromatic heterocycles. The maximum atomic E-state index is 11.7. The molecule has 0 radical (unpaired) electrons. The fourth-order valence-electron chi connectivity index (χ4n) is 3.24. The van der Waals surface area contributed by atoms with Gasteiger partial charge in [0.25, 0.3) is 0 Å². The third kappa shape index (κ3) is 14.2. The molecule has 1 rings (SSSR count). The summed E-state index contributed by atoms with van der Waals surface area (Å²) in [7, 11) is -4.66. The Labute approximate surface area is 175 Å². The van der Waals surface area contributed by atoms with Gasteiger partial charge in [-0.05, 0) is 24.5 Å². The predicted molar refractivity (Wildman–Crippen MR) is 114 cm³/mol. The lowest BCUT2D eigenvalue weighted by Crippen LogP contribution is -2.19. The normalized spacial score (nSPS) is 11.5. The molecule has 6 nitrogen and oxygen atoms in total. The number of carbonyl (C=O) groups excluding carboxylic acids is 1. The number of rotatable bonds is 17. The third-order valence-corrected chi connectivity index (χ3v) is 5.24. The molecule has 166 valence electrons. The zero-order valence-corrected chi connectivity index (χ0v) is 18.4. The molecule has 0 heterocycles. The largest absolute Gasteiger partial charge is 0.424 e. The van der Waals surface area contributed by atoms with Gasteiger partial charge in [-0.3, -0.25) is 4.55 Å². The van der Waals surface area contributed by atoms with Crippen molar-refractivity contribution in [2.75, 3.05) is 6.61 Å². The summed E-state index contributed by atoms with van der Waals surface area (Å²) in [6.07, 6.45) is 16.2. The Morgan fingerprint density at radius 3 is 1.93 bits per heavy atom. The van der Waals surface area contributed by atoms with Crippen LogP contribution in [-0.4, -0.2) is 25.5 Å². The fraction of sp³-hybridized carbons (Fsp3) is 0.682. The van der Waals surface area contributed by atoms with Crippen molar-refractivity contribution in [2.24, 2.45) is 0 Å². The van der Waals surface area contributed by atoms with E-state index in [4.69, 9.17) is 9.29 Å². The molecule has 0 atom stereocenters. The fourth-order valence-corrected chi connectivity index (χ4v) is 3.49. The van der Waals surface area contributed by atoms with Crippen molar-refractivity contribution in [3.63, 3.8) is 0 Å². The second kappa shape index (κ2) is 15.4. The number of esters is 1. The number of hydrogen-bond acceptors (Lipinski definition) is 5. The molecule has 0 saturated heterocycles. The van der Waals surface area contributed by atoms with Gasteiger partial charge in [0, 0.05) is 0 Å². The number of hydrogen-bond donors (Lipinski definition) is 1. The molecule has 7 heteroatoms. The van der Waals surface area contributed by atoms with Gasteiger partial charge in [-0.2, -0.15) is 8.42 Å². The van der Waals surface area contributed by atoms with E-state index in [1.807, 2.05) is 12.1 Å². The van der Waals surface area contributed by atoms with Crippen molar-refractivity contribution < 1.29 is 26.7 Å². The van der Waals surface area contributed by atoms with Gasteiger partial charge < -0.3 is 4.74 Å². The average Bonchev–Trinajstić information content (AvgIpc) is 2.68. The Kier molecular flexibility index (Phi) is 13.6. The molecule has 1 N–H and O–H groups in total. The first-order chi connectivity index (χ1) is 13.9. The topological polar surface area (TPSA) is 89.9 Å². The maximum absolute atomic E-state index is 11.7. The van der Waals surface area contributed by atoms with E-state index in [9.17, 15) is 13.2 Å². The Hall–Kier alpha value is -1.44. The SMILES string of the molecule is CCCCCCCCCCCCCCc1ccccc1OC(=O)COS(=O)(=O)O. The number of para-hydroxylation sites is 1. The highest BCUT2D eigenvalue weighted by Crippen LogP contribution is 2.21. The van der Waals surface area contributed by atoms with E-state index >= 15 is 0 Å². The second-order valence-electron chi connectivity index (χ2n) is 7.41. The van der Waals surface area contributed by atoms with Crippen molar-refractivity contribution >= 4 is 16.4 Å². The van der Waals surface area contributed by atoms with E-state index in [1.165, 1.54) is 64.2 Å². The third-order valence-electron chi connectivity index (χ3n) is 4.82. The lowest BCUT2D eigenvalue weighted by molar-refractivity contribution is -0.136. The predicted octanol–water partition coefficient (Wildman–Crippen LogP) is 5.66. The monoisotopic (exact) mass is 428 g/mol. The van der Waals surface area contributed by atoms with Crippen molar-refractivity contribution in [3.05, 3.63) is 29.8 Å². The van der Waals surface area contributed by atoms with Crippen LogP contribution in [0.1, 0.15) is 89.5 Å². The first-order valence-corrected chi connectivity index (χ1v) is 12.2. The zero-order valence-electron chi connectivity index (χ0n) is 17.6. The van der Waals surface area contributed by atoms with Crippen LogP contribution in [0.3, 0.4) is 0 Å². The van der Waals surface area contributed by atoms with Crippen molar-refractivity contribution in [1.82, 2.24) is 0 Å². The standard InChI is InChI=1S/C22H36O6S/c1-2-3-4-5-6-7-8-9-10-11-12-13-16-20-17-14-15-18-21(20)28-22(23)19-27-29(24,25)26/h14-15,17-18H,2-13,16,19H2,1H3,(H,24,25,26). The van der Waals surface area contributed by atoms with Gasteiger partial charge in [-0.1, -0.05) is 95.8 Å². The van der Waals surface area contributed by atoms with Crippen LogP contribution in [0.25, 0.3) is 0 Å². The van der Waals surface area contributed by atoms with Gasteiger partial charge in [-0.15, -0.1) is 0 Å². The molecule has 1 aromatic carbocycles. The van der Waals surface area contributed by atoms with Gasteiger partial charge in [-0.25, -0.2) is 8.98 Å². The Morgan fingerprint density at radius 1 is 0.862 bits per heavy atom. The minimum Gasteiger partial charge on any atom is -0.424 e. The summed E-state index contributed by atoms with van der Waals surface area (Å²) in [6, 6.07) is 7.19. The first kappa shape index (κ1) is 25.6. The zero-order chi connectivity index (χ0) is 21.4. The Morgan fingerprint density at radius 2 is 1.38 bits per heavy atom. The van der Waals surface area contributed by atoms with E-state index in [-0.39, 0.29) is 0 Å². The molecule has 0 aliphatic carbocycles. The lowest BCUT2D eigenvalue weighted by Gasteiger charge is -2.10. The maximum Gasteiger partial charge on any atom is 0.397 e. The van der Waals surface area contributed by atoms with Gasteiger partial charge >= 0.3 is 16.4 Å². The molecule has 0 bridgehead atoms. The van der Waals surface area contributed by atoms with Gasteiger partial charge in [0.05, 0.1) is 0 Å². The average molecular weight is 429 g/mol. The van der Waals surface area contributed by atoms with Crippen molar-refractivity contribution in [1.29, 1.82) is 0 Å². The van der Waals surface area contributed by atoms with Crippen molar-refractivity contribution in [2.45, 2.75) is 90.4 Å². The molecule has 0 unspecified atom stereocenters. The molecule has 0 fully saturated rings. The minimum atomic E-state index is -4.66. The quantitative estimate of drug-likeness (QED) is 0.149. The highest BCUT2D eigenvalue weighted by Gasteiger charge is 2.13. The van der Waals surface area contributed by atoms with Crippen LogP contribution < -0.4 is 4.74 Å². The summed E-state index contributed by atoms with van der Waals surface area (Å²) in [5.74, 6) is -0.468. The summed E-state index contributed by atoms with van der Waals surface area (Å²) in [5, 5.41) is 0. The number of carbonyl (C=O) groups is 1. The summed E-state index contributed by atoms with van der Waals surface area (Å²) in [4.78, 5) is 11.7. The van der Waals surface area contributed by atoms with Gasteiger partial charge in [0.15, 0.2) is 6.61 Å². The number of benzene rings is 1. The van der Waals surface area contributed by atoms with Crippen LogP contribution in [-0.2, 0) is 25.8 Å². The highest BCUT2D eigenvalue weighted by molar-refractivity contribution is 7.80. The Bertz CT molecular complexity index is 672. The molecule has 1 aromatic rings. The second-order valence-corrected chi connectivity index (χ2v) is 8.50. The van der Waals surface area contributed by atoms with Crippen LogP contribution in [0.15, 0.2) is 24.3 Å². The van der Waals surface area contributed by atoms with Gasteiger partial charge in [0.1, 0.15) is 5.75 Å². The van der Waals surface area contributed by atoms with Crippen LogP contribution >= 0.6 is 0 Å². The summed E-state index contributed by atoms with van der Waals surface area (Å²) < 4.78 is 38.7. The van der Waals surface area contributed by atoms with E-state index in [0.29, 0.717) is 5.75 Å². The van der Waals surface area contributed by atoms with Gasteiger partial charge in [0.2, 0.25) is 0 Å². The highest BCUT2D eigenvalue weighted by atomic mass is 32.3. The summed E-state index contributed by atoms with van der Waals surface area (Å²) in [5.41, 5.74) is 0.903. The molecule has 0 saturated carbocycles. The van der Waals surface area contributed by atoms with Crippen LogP contribution in [0, 0.1) is 0 Å². The molecule has 0 spiro atoms. The van der Waals surface area contributed by atoms with Crippen LogP contribution in [0.4, 0.5) is 0 Å². The number of aryl methyl sites for hydroxylation is 1. The molecule has 0 aliphatic heterocycles. The van der Waals surface area contributed by atoms with Crippen LogP contribution in [0.2, 0.25) is 0 Å². The van der Waals surface area contributed by atoms with Crippen LogP contribution in [0.5, 0.6) is 5.75 Å². The molecule has 0 amide bonds. The molecular weight excluding hydrogens is 392 g/mol. The number of unbranched alkanes of at least 4 members (excludes halogenated alkanes) is 11. The van der Waals surface area contributed by atoms with E-state index in [1.54, 1.807) is 12.1 Å². The minimum absolute atomic E-state index is 0.402. The van der Waals surface area contributed by atoms with E-state index < -0.39 is 23.0 Å². The molecule has 0 aliphatic rings. The molecular formula is C22H36O6S. The smallest absolute Gasteiger partial charge is 0.397 e. The lowest BCUT2D eigenvalue weighted by atomic mass is 10.0. The van der Waals surface area contributed by atoms with E-state index in [2.05, 4.69) is 11.1 Å². The summed E-state index contributed by atoms with van der Waals surface area (Å²) in [6.45, 7) is 1.39. The van der Waals surface area contributed by atoms with E-state index in [0.717, 1.165) is 24.8 Å². The first-order valence-electron chi connectivity index (χ1n) is 10.8. The molecule has 29 heavy (non-hydrogen) atoms.